The van der Waals surface area contributed by atoms with Gasteiger partial charge in [0.15, 0.2) is 6.61 Å². The van der Waals surface area contributed by atoms with E-state index in [0.29, 0.717) is 24.3 Å². The van der Waals surface area contributed by atoms with E-state index in [-0.39, 0.29) is 6.04 Å². The van der Waals surface area contributed by atoms with Crippen LogP contribution in [0.15, 0.2) is 82.3 Å². The van der Waals surface area contributed by atoms with E-state index in [1.54, 1.807) is 46.8 Å². The fourth-order valence-corrected chi connectivity index (χ4v) is 4.28. The average Bonchev–Trinajstić information content (AvgIpc) is 3.64. The van der Waals surface area contributed by atoms with Gasteiger partial charge >= 0.3 is 5.97 Å². The van der Waals surface area contributed by atoms with Gasteiger partial charge in [0.25, 0.3) is 5.91 Å². The van der Waals surface area contributed by atoms with Gasteiger partial charge in [0.05, 0.1) is 29.0 Å². The van der Waals surface area contributed by atoms with Crippen molar-refractivity contribution in [3.05, 3.63) is 94.6 Å². The van der Waals surface area contributed by atoms with Crippen molar-refractivity contribution in [1.82, 2.24) is 19.8 Å². The van der Waals surface area contributed by atoms with Crippen molar-refractivity contribution >= 4 is 28.9 Å². The normalized spacial score (nSPS) is 15.5. The van der Waals surface area contributed by atoms with Crippen LogP contribution >= 0.6 is 11.3 Å². The fourth-order valence-electron chi connectivity index (χ4n) is 3.56. The molecular weight excluding hydrogens is 442 g/mol. The minimum Gasteiger partial charge on any atom is -0.467 e. The molecule has 3 aromatic heterocycles. The molecule has 9 nitrogen and oxygen atoms in total. The third-order valence-corrected chi connectivity index (χ3v) is 6.09. The van der Waals surface area contributed by atoms with Crippen molar-refractivity contribution in [3.8, 4) is 0 Å². The van der Waals surface area contributed by atoms with Crippen molar-refractivity contribution in [2.75, 3.05) is 6.61 Å². The molecule has 0 radical (unpaired) electrons. The molecule has 10 heteroatoms. The summed E-state index contributed by atoms with van der Waals surface area (Å²) in [5, 5.41) is 11.9. The first-order valence-electron chi connectivity index (χ1n) is 10.2. The predicted octanol–water partition coefficient (Wildman–Crippen LogP) is 3.52. The van der Waals surface area contributed by atoms with Crippen molar-refractivity contribution in [2.24, 2.45) is 5.10 Å². The summed E-state index contributed by atoms with van der Waals surface area (Å²) in [4.78, 5) is 30.3. The van der Waals surface area contributed by atoms with Crippen LogP contribution in [0.3, 0.4) is 0 Å². The number of carbonyl (C=O) groups is 2. The standard InChI is InChI=1S/C23H19N5O4S/c29-22(13-32-23(30)17-7-5-16(6-8-17)12-27-15-24-14-25-27)28-19(20-3-1-9-31-20)11-18(26-28)21-4-2-10-33-21/h1-10,14-15,19H,11-13H2. The third kappa shape index (κ3) is 4.60. The number of amides is 1. The third-order valence-electron chi connectivity index (χ3n) is 5.17. The number of hydrogen-bond donors (Lipinski definition) is 0. The Kier molecular flexibility index (Phi) is 5.81. The lowest BCUT2D eigenvalue weighted by Gasteiger charge is -2.19. The molecule has 33 heavy (non-hydrogen) atoms. The maximum absolute atomic E-state index is 12.9. The number of esters is 1. The number of furan rings is 1. The Bertz CT molecular complexity index is 1250. The van der Waals surface area contributed by atoms with Crippen molar-refractivity contribution in [2.45, 2.75) is 19.0 Å². The topological polar surface area (TPSA) is 103 Å². The van der Waals surface area contributed by atoms with Gasteiger partial charge in [-0.3, -0.25) is 4.79 Å². The van der Waals surface area contributed by atoms with Crippen LogP contribution in [0.4, 0.5) is 0 Å². The predicted molar refractivity (Wildman–Crippen MR) is 120 cm³/mol. The highest BCUT2D eigenvalue weighted by molar-refractivity contribution is 7.12. The summed E-state index contributed by atoms with van der Waals surface area (Å²) in [6.45, 7) is 0.124. The Balaban J connectivity index is 1.24. The van der Waals surface area contributed by atoms with Crippen LogP contribution in [0.25, 0.3) is 0 Å². The van der Waals surface area contributed by atoms with Gasteiger partial charge in [-0.2, -0.15) is 10.2 Å². The van der Waals surface area contributed by atoms with Gasteiger partial charge in [-0.15, -0.1) is 11.3 Å². The lowest BCUT2D eigenvalue weighted by molar-refractivity contribution is -0.136. The van der Waals surface area contributed by atoms with Crippen LogP contribution < -0.4 is 0 Å². The first kappa shape index (κ1) is 20.8. The number of benzene rings is 1. The molecule has 0 spiro atoms. The van der Waals surface area contributed by atoms with E-state index in [1.807, 2.05) is 35.7 Å². The average molecular weight is 462 g/mol. The molecule has 1 amide bonds. The molecular formula is C23H19N5O4S. The minimum absolute atomic E-state index is 0.358. The Morgan fingerprint density at radius 2 is 2.03 bits per heavy atom. The van der Waals surface area contributed by atoms with Crippen molar-refractivity contribution in [3.63, 3.8) is 0 Å². The molecule has 1 atom stereocenters. The summed E-state index contributed by atoms with van der Waals surface area (Å²) in [6.07, 6.45) is 5.18. The molecule has 1 unspecified atom stereocenters. The highest BCUT2D eigenvalue weighted by Crippen LogP contribution is 2.34. The van der Waals surface area contributed by atoms with E-state index in [4.69, 9.17) is 9.15 Å². The van der Waals surface area contributed by atoms with Gasteiger partial charge in [-0.25, -0.2) is 19.5 Å². The molecule has 0 saturated heterocycles. The number of hydrogen-bond acceptors (Lipinski definition) is 8. The fraction of sp³-hybridized carbons (Fsp3) is 0.174. The molecule has 1 aromatic carbocycles. The zero-order chi connectivity index (χ0) is 22.6. The number of thiophene rings is 1. The first-order valence-corrected chi connectivity index (χ1v) is 11.1. The molecule has 1 aliphatic rings. The number of carbonyl (C=O) groups excluding carboxylic acids is 2. The van der Waals surface area contributed by atoms with Crippen LogP contribution in [0.2, 0.25) is 0 Å². The quantitative estimate of drug-likeness (QED) is 0.390. The Morgan fingerprint density at radius 3 is 2.73 bits per heavy atom. The summed E-state index contributed by atoms with van der Waals surface area (Å²) < 4.78 is 12.5. The van der Waals surface area contributed by atoms with Gasteiger partial charge in [-0.1, -0.05) is 18.2 Å². The maximum Gasteiger partial charge on any atom is 0.338 e. The molecule has 0 bridgehead atoms. The molecule has 0 N–H and O–H groups in total. The molecule has 4 aromatic rings. The highest BCUT2D eigenvalue weighted by Gasteiger charge is 2.35. The second-order valence-electron chi connectivity index (χ2n) is 7.36. The molecule has 4 heterocycles. The molecule has 5 rings (SSSR count). The van der Waals surface area contributed by atoms with Crippen molar-refractivity contribution < 1.29 is 18.7 Å². The zero-order valence-electron chi connectivity index (χ0n) is 17.4. The number of hydrazone groups is 1. The van der Waals surface area contributed by atoms with Crippen molar-refractivity contribution in [1.29, 1.82) is 0 Å². The van der Waals surface area contributed by atoms with Gasteiger partial charge < -0.3 is 9.15 Å². The monoisotopic (exact) mass is 461 g/mol. The van der Waals surface area contributed by atoms with Crippen LogP contribution in [0.5, 0.6) is 0 Å². The van der Waals surface area contributed by atoms with E-state index < -0.39 is 18.5 Å². The zero-order valence-corrected chi connectivity index (χ0v) is 18.2. The first-order chi connectivity index (χ1) is 16.2. The lowest BCUT2D eigenvalue weighted by Crippen LogP contribution is -2.31. The van der Waals surface area contributed by atoms with Crippen LogP contribution in [0, 0.1) is 0 Å². The summed E-state index contributed by atoms with van der Waals surface area (Å²) in [5.41, 5.74) is 2.12. The summed E-state index contributed by atoms with van der Waals surface area (Å²) in [6, 6.07) is 14.0. The SMILES string of the molecule is O=C(OCC(=O)N1N=C(c2cccs2)CC1c1ccco1)c1ccc(Cn2cncn2)cc1. The van der Waals surface area contributed by atoms with Gasteiger partial charge in [-0.05, 0) is 41.3 Å². The smallest absolute Gasteiger partial charge is 0.338 e. The Morgan fingerprint density at radius 1 is 1.15 bits per heavy atom. The summed E-state index contributed by atoms with van der Waals surface area (Å²) in [7, 11) is 0. The number of aromatic nitrogens is 3. The summed E-state index contributed by atoms with van der Waals surface area (Å²) in [5.74, 6) is -0.362. The minimum atomic E-state index is -0.577. The van der Waals surface area contributed by atoms with E-state index in [1.165, 1.54) is 11.3 Å². The second-order valence-corrected chi connectivity index (χ2v) is 8.31. The molecule has 0 fully saturated rings. The largest absolute Gasteiger partial charge is 0.467 e. The molecule has 0 aliphatic carbocycles. The lowest BCUT2D eigenvalue weighted by atomic mass is 10.1. The van der Waals surface area contributed by atoms with Crippen LogP contribution in [0.1, 0.15) is 39.0 Å². The van der Waals surface area contributed by atoms with E-state index in [0.717, 1.165) is 16.2 Å². The van der Waals surface area contributed by atoms with Crippen LogP contribution in [-0.2, 0) is 16.1 Å². The Labute approximate surface area is 192 Å². The molecule has 166 valence electrons. The molecule has 0 saturated carbocycles. The second kappa shape index (κ2) is 9.21. The van der Waals surface area contributed by atoms with Gasteiger partial charge in [0, 0.05) is 6.42 Å². The van der Waals surface area contributed by atoms with E-state index in [9.17, 15) is 9.59 Å². The number of nitrogens with zero attached hydrogens (tertiary/aromatic N) is 5. The highest BCUT2D eigenvalue weighted by atomic mass is 32.1. The maximum atomic E-state index is 12.9. The number of rotatable bonds is 7. The van der Waals surface area contributed by atoms with E-state index in [2.05, 4.69) is 15.2 Å². The number of ether oxygens (including phenoxy) is 1. The van der Waals surface area contributed by atoms with Gasteiger partial charge in [0.2, 0.25) is 0 Å². The van der Waals surface area contributed by atoms with E-state index >= 15 is 0 Å². The Hall–Kier alpha value is -4.05. The van der Waals surface area contributed by atoms with Crippen LogP contribution in [-0.4, -0.2) is 44.0 Å². The molecule has 1 aliphatic heterocycles. The summed E-state index contributed by atoms with van der Waals surface area (Å²) >= 11 is 1.56. The van der Waals surface area contributed by atoms with Gasteiger partial charge in [0.1, 0.15) is 24.5 Å².